The standard InChI is InChI=1S/C28H38ClN3O6/c1-19-24(16-28(33)34)32(18-26(19)37-14-4-13-35-2)20-5-7-21(8-6-20)38-22-9-11-31(12-10-22)25-15-27(36-3)30-17-23(25)29/h5-8,15,17,19,22,24,26H,4,9-14,16,18H2,1-3H3,(H,33,34). The average Bonchev–Trinajstić information content (AvgIpc) is 3.22. The Balaban J connectivity index is 1.34. The lowest BCUT2D eigenvalue weighted by Gasteiger charge is -2.34. The van der Waals surface area contributed by atoms with Gasteiger partial charge in [0.2, 0.25) is 5.88 Å². The number of aliphatic carboxylic acids is 1. The van der Waals surface area contributed by atoms with Crippen molar-refractivity contribution in [2.75, 3.05) is 56.9 Å². The van der Waals surface area contributed by atoms with Crippen LogP contribution >= 0.6 is 11.6 Å². The Kier molecular flexibility index (Phi) is 9.93. The summed E-state index contributed by atoms with van der Waals surface area (Å²) in [6.45, 7) is 5.63. The molecular formula is C28H38ClN3O6. The van der Waals surface area contributed by atoms with E-state index in [1.807, 2.05) is 30.3 Å². The number of carboxylic acids is 1. The van der Waals surface area contributed by atoms with Crippen LogP contribution in [0.4, 0.5) is 11.4 Å². The van der Waals surface area contributed by atoms with E-state index in [2.05, 4.69) is 21.7 Å². The summed E-state index contributed by atoms with van der Waals surface area (Å²) in [5.41, 5.74) is 1.91. The maximum absolute atomic E-state index is 11.6. The van der Waals surface area contributed by atoms with E-state index >= 15 is 0 Å². The number of rotatable bonds is 12. The van der Waals surface area contributed by atoms with Crippen LogP contribution in [0.3, 0.4) is 0 Å². The van der Waals surface area contributed by atoms with Crippen molar-refractivity contribution in [2.45, 2.75) is 50.9 Å². The molecule has 38 heavy (non-hydrogen) atoms. The van der Waals surface area contributed by atoms with Gasteiger partial charge in [0.15, 0.2) is 0 Å². The molecule has 2 aromatic rings. The van der Waals surface area contributed by atoms with Crippen LogP contribution in [0.25, 0.3) is 0 Å². The van der Waals surface area contributed by atoms with E-state index in [4.69, 9.17) is 30.5 Å². The van der Waals surface area contributed by atoms with Gasteiger partial charge in [-0.15, -0.1) is 0 Å². The number of carbonyl (C=O) groups is 1. The van der Waals surface area contributed by atoms with Crippen LogP contribution in [0.15, 0.2) is 36.5 Å². The second kappa shape index (κ2) is 13.4. The lowest BCUT2D eigenvalue weighted by Crippen LogP contribution is -2.38. The van der Waals surface area contributed by atoms with Crippen molar-refractivity contribution >= 4 is 28.9 Å². The van der Waals surface area contributed by atoms with Crippen LogP contribution in [0.5, 0.6) is 11.6 Å². The van der Waals surface area contributed by atoms with Gasteiger partial charge in [-0.2, -0.15) is 0 Å². The van der Waals surface area contributed by atoms with Gasteiger partial charge in [-0.1, -0.05) is 18.5 Å². The number of halogens is 1. The third-order valence-electron chi connectivity index (χ3n) is 7.45. The maximum Gasteiger partial charge on any atom is 0.305 e. The summed E-state index contributed by atoms with van der Waals surface area (Å²) >= 11 is 6.37. The van der Waals surface area contributed by atoms with Gasteiger partial charge >= 0.3 is 5.97 Å². The Bertz CT molecular complexity index is 1050. The van der Waals surface area contributed by atoms with Crippen molar-refractivity contribution in [3.8, 4) is 11.6 Å². The number of hydrogen-bond acceptors (Lipinski definition) is 8. The Labute approximate surface area is 229 Å². The zero-order valence-electron chi connectivity index (χ0n) is 22.3. The van der Waals surface area contributed by atoms with Gasteiger partial charge in [0.25, 0.3) is 0 Å². The third-order valence-corrected chi connectivity index (χ3v) is 7.74. The highest BCUT2D eigenvalue weighted by Gasteiger charge is 2.40. The maximum atomic E-state index is 11.6. The molecule has 0 spiro atoms. The lowest BCUT2D eigenvalue weighted by atomic mass is 9.97. The first kappa shape index (κ1) is 28.3. The number of methoxy groups -OCH3 is 2. The summed E-state index contributed by atoms with van der Waals surface area (Å²) in [4.78, 5) is 20.2. The number of carboxylic acid groups (broad SMARTS) is 1. The zero-order chi connectivity index (χ0) is 27.1. The smallest absolute Gasteiger partial charge is 0.305 e. The average molecular weight is 548 g/mol. The van der Waals surface area contributed by atoms with Gasteiger partial charge in [-0.05, 0) is 30.7 Å². The molecule has 2 aliphatic heterocycles. The summed E-state index contributed by atoms with van der Waals surface area (Å²) in [6.07, 6.45) is 4.34. The number of piperidine rings is 1. The summed E-state index contributed by atoms with van der Waals surface area (Å²) in [6, 6.07) is 9.72. The number of benzene rings is 1. The summed E-state index contributed by atoms with van der Waals surface area (Å²) < 4.78 is 22.8. The molecule has 0 radical (unpaired) electrons. The highest BCUT2D eigenvalue weighted by molar-refractivity contribution is 6.33. The molecule has 1 aromatic carbocycles. The van der Waals surface area contributed by atoms with E-state index in [0.717, 1.165) is 49.5 Å². The molecule has 3 unspecified atom stereocenters. The van der Waals surface area contributed by atoms with Crippen molar-refractivity contribution in [3.05, 3.63) is 41.6 Å². The fourth-order valence-electron chi connectivity index (χ4n) is 5.33. The Morgan fingerprint density at radius 2 is 1.89 bits per heavy atom. The molecule has 3 heterocycles. The lowest BCUT2D eigenvalue weighted by molar-refractivity contribution is -0.137. The van der Waals surface area contributed by atoms with Crippen LogP contribution in [-0.4, -0.2) is 81.4 Å². The molecule has 0 amide bonds. The number of aromatic nitrogens is 1. The molecule has 1 aromatic heterocycles. The Morgan fingerprint density at radius 1 is 1.16 bits per heavy atom. The number of nitrogens with zero attached hydrogens (tertiary/aromatic N) is 3. The van der Waals surface area contributed by atoms with Gasteiger partial charge < -0.3 is 33.9 Å². The van der Waals surface area contributed by atoms with E-state index in [1.54, 1.807) is 20.4 Å². The van der Waals surface area contributed by atoms with Crippen molar-refractivity contribution in [1.29, 1.82) is 0 Å². The number of pyridine rings is 1. The monoisotopic (exact) mass is 547 g/mol. The molecule has 3 atom stereocenters. The summed E-state index contributed by atoms with van der Waals surface area (Å²) in [5.74, 6) is 0.656. The molecule has 0 aliphatic carbocycles. The van der Waals surface area contributed by atoms with Gasteiger partial charge in [0.05, 0.1) is 36.5 Å². The molecule has 1 N–H and O–H groups in total. The first-order valence-corrected chi connectivity index (χ1v) is 13.6. The minimum Gasteiger partial charge on any atom is -0.490 e. The van der Waals surface area contributed by atoms with Crippen molar-refractivity contribution in [2.24, 2.45) is 5.92 Å². The minimum absolute atomic E-state index is 0.0221. The summed E-state index contributed by atoms with van der Waals surface area (Å²) in [5, 5.41) is 10.1. The second-order valence-electron chi connectivity index (χ2n) is 9.91. The van der Waals surface area contributed by atoms with Gasteiger partial charge in [0.1, 0.15) is 11.9 Å². The van der Waals surface area contributed by atoms with E-state index in [1.165, 1.54) is 0 Å². The fraction of sp³-hybridized carbons (Fsp3) is 0.571. The number of hydrogen-bond donors (Lipinski definition) is 1. The van der Waals surface area contributed by atoms with Crippen LogP contribution in [0, 0.1) is 5.92 Å². The van der Waals surface area contributed by atoms with Crippen LogP contribution in [0.1, 0.15) is 32.6 Å². The molecule has 10 heteroatoms. The fourth-order valence-corrected chi connectivity index (χ4v) is 5.55. The van der Waals surface area contributed by atoms with Crippen molar-refractivity contribution in [3.63, 3.8) is 0 Å². The van der Waals surface area contributed by atoms with Gasteiger partial charge in [-0.25, -0.2) is 4.98 Å². The third kappa shape index (κ3) is 7.01. The molecule has 4 rings (SSSR count). The molecule has 2 saturated heterocycles. The highest BCUT2D eigenvalue weighted by atomic mass is 35.5. The Morgan fingerprint density at radius 3 is 2.55 bits per heavy atom. The first-order valence-electron chi connectivity index (χ1n) is 13.2. The van der Waals surface area contributed by atoms with Crippen LogP contribution < -0.4 is 19.3 Å². The normalized spacial score (nSPS) is 22.1. The zero-order valence-corrected chi connectivity index (χ0v) is 23.1. The first-order chi connectivity index (χ1) is 18.4. The highest BCUT2D eigenvalue weighted by Crippen LogP contribution is 2.35. The predicted octanol–water partition coefficient (Wildman–Crippen LogP) is 4.51. The van der Waals surface area contributed by atoms with Crippen molar-refractivity contribution < 1.29 is 28.8 Å². The largest absolute Gasteiger partial charge is 0.490 e. The van der Waals surface area contributed by atoms with E-state index < -0.39 is 5.97 Å². The molecular weight excluding hydrogens is 510 g/mol. The van der Waals surface area contributed by atoms with Gasteiger partial charge in [0, 0.05) is 76.5 Å². The Hall–Kier alpha value is -2.75. The van der Waals surface area contributed by atoms with Crippen LogP contribution in [-0.2, 0) is 14.3 Å². The van der Waals surface area contributed by atoms with E-state index in [9.17, 15) is 9.90 Å². The predicted molar refractivity (Wildman–Crippen MR) is 147 cm³/mol. The number of anilines is 2. The molecule has 208 valence electrons. The molecule has 0 saturated carbocycles. The summed E-state index contributed by atoms with van der Waals surface area (Å²) in [7, 11) is 3.27. The molecule has 0 bridgehead atoms. The SMILES string of the molecule is COCCCOC1CN(c2ccc(OC3CCN(c4cc(OC)ncc4Cl)CC3)cc2)C(CC(=O)O)C1C. The second-order valence-corrected chi connectivity index (χ2v) is 10.3. The molecule has 2 aliphatic rings. The molecule has 9 nitrogen and oxygen atoms in total. The van der Waals surface area contributed by atoms with E-state index in [-0.39, 0.29) is 30.6 Å². The van der Waals surface area contributed by atoms with Crippen LogP contribution in [0.2, 0.25) is 5.02 Å². The van der Waals surface area contributed by atoms with Gasteiger partial charge in [-0.3, -0.25) is 4.79 Å². The quantitative estimate of drug-likeness (QED) is 0.385. The van der Waals surface area contributed by atoms with E-state index in [0.29, 0.717) is 30.7 Å². The topological polar surface area (TPSA) is 93.6 Å². The number of ether oxygens (including phenoxy) is 4. The minimum atomic E-state index is -0.801. The van der Waals surface area contributed by atoms with Crippen molar-refractivity contribution in [1.82, 2.24) is 4.98 Å². The molecule has 2 fully saturated rings.